The van der Waals surface area contributed by atoms with Crippen LogP contribution >= 0.6 is 0 Å². The number of rotatable bonds is 3. The number of pyridine rings is 1. The first-order valence-electron chi connectivity index (χ1n) is 10.4. The first-order chi connectivity index (χ1) is 15.7. The lowest BCUT2D eigenvalue weighted by Gasteiger charge is -2.26. The van der Waals surface area contributed by atoms with Crippen LogP contribution in [0.3, 0.4) is 0 Å². The monoisotopic (exact) mass is 424 g/mol. The molecule has 0 aliphatic carbocycles. The molecule has 0 radical (unpaired) electrons. The van der Waals surface area contributed by atoms with Crippen molar-refractivity contribution in [3.05, 3.63) is 60.8 Å². The fraction of sp³-hybridized carbons (Fsp3) is 0.167. The minimum absolute atomic E-state index is 0.575. The highest BCUT2D eigenvalue weighted by molar-refractivity contribution is 5.94. The highest BCUT2D eigenvalue weighted by Gasteiger charge is 2.23. The van der Waals surface area contributed by atoms with Crippen LogP contribution in [0.4, 0.5) is 5.69 Å². The molecule has 1 aliphatic heterocycles. The average molecular weight is 424 g/mol. The summed E-state index contributed by atoms with van der Waals surface area (Å²) in [7, 11) is 3.68. The second-order valence-corrected chi connectivity index (χ2v) is 7.69. The van der Waals surface area contributed by atoms with Gasteiger partial charge in [-0.3, -0.25) is 0 Å². The third-order valence-electron chi connectivity index (χ3n) is 5.81. The number of hydrogen-bond acceptors (Lipinski definition) is 7. The van der Waals surface area contributed by atoms with Crippen LogP contribution in [0.5, 0.6) is 11.5 Å². The second kappa shape index (κ2) is 7.19. The average Bonchev–Trinajstić information content (AvgIpc) is 3.28. The molecular weight excluding hydrogens is 404 g/mol. The van der Waals surface area contributed by atoms with Gasteiger partial charge in [0.2, 0.25) is 11.5 Å². The first kappa shape index (κ1) is 18.6. The Morgan fingerprint density at radius 1 is 1.00 bits per heavy atom. The SMILES string of the molecule is COc1ccc(-c2cccc3ccc(-c4nnc5c6c(cnn45)N(C)CCO6)nc23)cc1. The predicted molar refractivity (Wildman–Crippen MR) is 122 cm³/mol. The van der Waals surface area contributed by atoms with Gasteiger partial charge in [0.05, 0.1) is 25.4 Å². The summed E-state index contributed by atoms with van der Waals surface area (Å²) in [6.45, 7) is 1.41. The molecule has 0 bridgehead atoms. The summed E-state index contributed by atoms with van der Waals surface area (Å²) in [6.07, 6.45) is 1.79. The van der Waals surface area contributed by atoms with Gasteiger partial charge in [-0.25, -0.2) is 4.98 Å². The van der Waals surface area contributed by atoms with E-state index in [9.17, 15) is 0 Å². The molecule has 0 spiro atoms. The molecule has 0 saturated carbocycles. The normalized spacial score (nSPS) is 13.2. The lowest BCUT2D eigenvalue weighted by atomic mass is 10.0. The van der Waals surface area contributed by atoms with Crippen molar-refractivity contribution < 1.29 is 9.47 Å². The van der Waals surface area contributed by atoms with E-state index in [1.54, 1.807) is 17.8 Å². The summed E-state index contributed by atoms with van der Waals surface area (Å²) < 4.78 is 12.9. The summed E-state index contributed by atoms with van der Waals surface area (Å²) in [6, 6.07) is 18.1. The van der Waals surface area contributed by atoms with Gasteiger partial charge in [-0.05, 0) is 23.8 Å². The van der Waals surface area contributed by atoms with Crippen LogP contribution in [0, 0.1) is 0 Å². The van der Waals surface area contributed by atoms with E-state index in [1.807, 2.05) is 43.4 Å². The molecule has 2 aromatic carbocycles. The number of methoxy groups -OCH3 is 1. The Balaban J connectivity index is 1.51. The number of ether oxygens (including phenoxy) is 2. The van der Waals surface area contributed by atoms with Crippen LogP contribution in [0.25, 0.3) is 39.2 Å². The molecule has 4 heterocycles. The zero-order valence-electron chi connectivity index (χ0n) is 17.7. The number of aromatic nitrogens is 5. The number of benzene rings is 2. The van der Waals surface area contributed by atoms with E-state index in [0.717, 1.165) is 40.0 Å². The lowest BCUT2D eigenvalue weighted by Crippen LogP contribution is -2.29. The minimum atomic E-state index is 0.575. The highest BCUT2D eigenvalue weighted by Crippen LogP contribution is 2.35. The third kappa shape index (κ3) is 2.84. The topological polar surface area (TPSA) is 77.7 Å². The summed E-state index contributed by atoms with van der Waals surface area (Å²) >= 11 is 0. The molecule has 0 fully saturated rings. The van der Waals surface area contributed by atoms with Crippen molar-refractivity contribution in [1.29, 1.82) is 0 Å². The van der Waals surface area contributed by atoms with Gasteiger partial charge in [0.15, 0.2) is 5.75 Å². The van der Waals surface area contributed by atoms with Crippen LogP contribution in [0.15, 0.2) is 60.8 Å². The molecule has 0 saturated heterocycles. The maximum absolute atomic E-state index is 5.89. The van der Waals surface area contributed by atoms with E-state index >= 15 is 0 Å². The molecular formula is C24H20N6O2. The Kier molecular flexibility index (Phi) is 4.17. The molecule has 158 valence electrons. The molecule has 8 nitrogen and oxygen atoms in total. The number of hydrogen-bond donors (Lipinski definition) is 0. The number of nitrogens with zero attached hydrogens (tertiary/aromatic N) is 6. The number of fused-ring (bicyclic) bond motifs is 4. The predicted octanol–water partition coefficient (Wildman–Crippen LogP) is 3.84. The summed E-state index contributed by atoms with van der Waals surface area (Å²) in [5.41, 5.74) is 5.20. The molecule has 0 atom stereocenters. The number of likely N-dealkylation sites (N-methyl/N-ethyl adjacent to an activating group) is 1. The Morgan fingerprint density at radius 3 is 2.72 bits per heavy atom. The van der Waals surface area contributed by atoms with E-state index in [-0.39, 0.29) is 0 Å². The van der Waals surface area contributed by atoms with Crippen LogP contribution in [-0.4, -0.2) is 52.1 Å². The summed E-state index contributed by atoms with van der Waals surface area (Å²) in [4.78, 5) is 7.07. The summed E-state index contributed by atoms with van der Waals surface area (Å²) in [5.74, 6) is 2.10. The number of para-hydroxylation sites is 1. The third-order valence-corrected chi connectivity index (χ3v) is 5.81. The zero-order chi connectivity index (χ0) is 21.7. The molecule has 3 aromatic heterocycles. The fourth-order valence-electron chi connectivity index (χ4n) is 4.07. The van der Waals surface area contributed by atoms with Gasteiger partial charge in [0.25, 0.3) is 0 Å². The van der Waals surface area contributed by atoms with Gasteiger partial charge < -0.3 is 14.4 Å². The molecule has 0 N–H and O–H groups in total. The van der Waals surface area contributed by atoms with Gasteiger partial charge >= 0.3 is 0 Å². The Hall–Kier alpha value is -4.20. The largest absolute Gasteiger partial charge is 0.497 e. The van der Waals surface area contributed by atoms with Crippen LogP contribution < -0.4 is 14.4 Å². The van der Waals surface area contributed by atoms with E-state index in [0.29, 0.717) is 29.5 Å². The molecule has 5 aromatic rings. The van der Waals surface area contributed by atoms with Gasteiger partial charge in [-0.15, -0.1) is 10.2 Å². The van der Waals surface area contributed by atoms with Crippen LogP contribution in [0.2, 0.25) is 0 Å². The Bertz CT molecular complexity index is 1460. The summed E-state index contributed by atoms with van der Waals surface area (Å²) in [5, 5.41) is 14.4. The zero-order valence-corrected chi connectivity index (χ0v) is 17.7. The van der Waals surface area contributed by atoms with Crippen LogP contribution in [-0.2, 0) is 0 Å². The molecule has 0 amide bonds. The van der Waals surface area contributed by atoms with Crippen molar-refractivity contribution in [2.75, 3.05) is 32.2 Å². The fourth-order valence-corrected chi connectivity index (χ4v) is 4.07. The quantitative estimate of drug-likeness (QED) is 0.435. The smallest absolute Gasteiger partial charge is 0.222 e. The van der Waals surface area contributed by atoms with Gasteiger partial charge in [0.1, 0.15) is 23.7 Å². The Morgan fingerprint density at radius 2 is 1.88 bits per heavy atom. The van der Waals surface area contributed by atoms with E-state index in [4.69, 9.17) is 14.5 Å². The van der Waals surface area contributed by atoms with Gasteiger partial charge in [-0.2, -0.15) is 9.61 Å². The van der Waals surface area contributed by atoms with E-state index < -0.39 is 0 Å². The molecule has 8 heteroatoms. The number of anilines is 1. The molecule has 1 aliphatic rings. The Labute approximate surface area is 184 Å². The van der Waals surface area contributed by atoms with E-state index in [1.165, 1.54) is 0 Å². The molecule has 0 unspecified atom stereocenters. The standard InChI is InChI=1S/C24H20N6O2/c1-29-12-13-32-22-20(29)14-25-30-23(27-28-24(22)30)19-11-8-16-4-3-5-18(21(16)26-19)15-6-9-17(31-2)10-7-15/h3-11,14H,12-13H2,1-2H3. The van der Waals surface area contributed by atoms with Crippen molar-refractivity contribution in [3.63, 3.8) is 0 Å². The van der Waals surface area contributed by atoms with Crippen molar-refractivity contribution in [3.8, 4) is 34.1 Å². The molecule has 32 heavy (non-hydrogen) atoms. The van der Waals surface area contributed by atoms with E-state index in [2.05, 4.69) is 38.4 Å². The van der Waals surface area contributed by atoms with Crippen LogP contribution in [0.1, 0.15) is 0 Å². The second-order valence-electron chi connectivity index (χ2n) is 7.69. The van der Waals surface area contributed by atoms with Crippen molar-refractivity contribution in [1.82, 2.24) is 24.8 Å². The van der Waals surface area contributed by atoms with Gasteiger partial charge in [0, 0.05) is 18.0 Å². The maximum atomic E-state index is 5.89. The first-order valence-corrected chi connectivity index (χ1v) is 10.4. The minimum Gasteiger partial charge on any atom is -0.497 e. The van der Waals surface area contributed by atoms with Crippen molar-refractivity contribution in [2.45, 2.75) is 0 Å². The van der Waals surface area contributed by atoms with Crippen molar-refractivity contribution >= 4 is 22.2 Å². The van der Waals surface area contributed by atoms with Crippen molar-refractivity contribution in [2.24, 2.45) is 0 Å². The maximum Gasteiger partial charge on any atom is 0.222 e. The molecule has 6 rings (SSSR count). The lowest BCUT2D eigenvalue weighted by molar-refractivity contribution is 0.312. The highest BCUT2D eigenvalue weighted by atomic mass is 16.5. The van der Waals surface area contributed by atoms with Gasteiger partial charge in [-0.1, -0.05) is 36.4 Å².